The first-order valence-electron chi connectivity index (χ1n) is 8.30. The van der Waals surface area contributed by atoms with Gasteiger partial charge in [-0.3, -0.25) is 4.79 Å². The van der Waals surface area contributed by atoms with Gasteiger partial charge in [0.2, 0.25) is 5.91 Å². The van der Waals surface area contributed by atoms with Gasteiger partial charge in [-0.1, -0.05) is 13.8 Å². The fraction of sp³-hybridized carbons (Fsp3) is 0.812. The van der Waals surface area contributed by atoms with Crippen molar-refractivity contribution in [2.45, 2.75) is 72.1 Å². The van der Waals surface area contributed by atoms with Gasteiger partial charge in [0.15, 0.2) is 5.82 Å². The van der Waals surface area contributed by atoms with Crippen molar-refractivity contribution in [1.29, 1.82) is 0 Å². The third kappa shape index (κ3) is 4.53. The van der Waals surface area contributed by atoms with Crippen LogP contribution in [-0.2, 0) is 22.5 Å². The molecule has 2 atom stereocenters. The molecule has 0 aliphatic carbocycles. The molecule has 2 rings (SSSR count). The SMILES string of the molecule is CC(C)CC(C)OCCC(=O)NC(C)c1nnc2n1CCC2. The van der Waals surface area contributed by atoms with Gasteiger partial charge in [-0.05, 0) is 32.6 Å². The lowest BCUT2D eigenvalue weighted by Gasteiger charge is -2.16. The summed E-state index contributed by atoms with van der Waals surface area (Å²) in [4.78, 5) is 12.0. The summed E-state index contributed by atoms with van der Waals surface area (Å²) in [7, 11) is 0. The molecule has 1 aromatic rings. The largest absolute Gasteiger partial charge is 0.378 e. The third-order valence-electron chi connectivity index (χ3n) is 3.94. The second-order valence-electron chi connectivity index (χ2n) is 6.58. The zero-order chi connectivity index (χ0) is 16.1. The molecular formula is C16H28N4O2. The van der Waals surface area contributed by atoms with Crippen LogP contribution in [0.4, 0.5) is 0 Å². The van der Waals surface area contributed by atoms with Crippen LogP contribution >= 0.6 is 0 Å². The molecule has 0 aromatic carbocycles. The van der Waals surface area contributed by atoms with Gasteiger partial charge in [0, 0.05) is 19.4 Å². The predicted molar refractivity (Wildman–Crippen MR) is 84.4 cm³/mol. The van der Waals surface area contributed by atoms with E-state index in [1.165, 1.54) is 0 Å². The van der Waals surface area contributed by atoms with E-state index in [-0.39, 0.29) is 18.1 Å². The Morgan fingerprint density at radius 3 is 2.82 bits per heavy atom. The summed E-state index contributed by atoms with van der Waals surface area (Å²) >= 11 is 0. The van der Waals surface area contributed by atoms with Gasteiger partial charge in [0.25, 0.3) is 0 Å². The number of amides is 1. The molecule has 1 aliphatic rings. The smallest absolute Gasteiger partial charge is 0.222 e. The maximum Gasteiger partial charge on any atom is 0.222 e. The highest BCUT2D eigenvalue weighted by molar-refractivity contribution is 5.76. The molecule has 1 N–H and O–H groups in total. The van der Waals surface area contributed by atoms with Crippen LogP contribution < -0.4 is 5.32 Å². The maximum absolute atomic E-state index is 12.0. The normalized spacial score (nSPS) is 16.6. The monoisotopic (exact) mass is 308 g/mol. The molecule has 0 spiro atoms. The van der Waals surface area contributed by atoms with Gasteiger partial charge < -0.3 is 14.6 Å². The van der Waals surface area contributed by atoms with Gasteiger partial charge in [-0.25, -0.2) is 0 Å². The average Bonchev–Trinajstić information content (AvgIpc) is 2.99. The molecule has 0 bridgehead atoms. The Kier molecular flexibility index (Phi) is 5.94. The molecule has 6 heteroatoms. The Bertz CT molecular complexity index is 498. The van der Waals surface area contributed by atoms with Crippen molar-refractivity contribution in [2.75, 3.05) is 6.61 Å². The number of carbonyl (C=O) groups is 1. The molecule has 2 unspecified atom stereocenters. The van der Waals surface area contributed by atoms with E-state index < -0.39 is 0 Å². The lowest BCUT2D eigenvalue weighted by molar-refractivity contribution is -0.123. The quantitative estimate of drug-likeness (QED) is 0.799. The van der Waals surface area contributed by atoms with Crippen LogP contribution in [0, 0.1) is 5.92 Å². The van der Waals surface area contributed by atoms with Crippen LogP contribution in [0.25, 0.3) is 0 Å². The molecular weight excluding hydrogens is 280 g/mol. The van der Waals surface area contributed by atoms with E-state index in [4.69, 9.17) is 4.74 Å². The molecule has 1 aromatic heterocycles. The number of hydrogen-bond donors (Lipinski definition) is 1. The van der Waals surface area contributed by atoms with Crippen LogP contribution in [-0.4, -0.2) is 33.4 Å². The highest BCUT2D eigenvalue weighted by atomic mass is 16.5. The van der Waals surface area contributed by atoms with Crippen LogP contribution in [0.2, 0.25) is 0 Å². The zero-order valence-corrected chi connectivity index (χ0v) is 14.1. The minimum absolute atomic E-state index is 0.000376. The van der Waals surface area contributed by atoms with Crippen molar-refractivity contribution in [2.24, 2.45) is 5.92 Å². The first-order valence-corrected chi connectivity index (χ1v) is 8.30. The number of fused-ring (bicyclic) bond motifs is 1. The number of aryl methyl sites for hydroxylation is 1. The number of carbonyl (C=O) groups excluding carboxylic acids is 1. The van der Waals surface area contributed by atoms with Crippen molar-refractivity contribution in [3.63, 3.8) is 0 Å². The Balaban J connectivity index is 1.72. The standard InChI is InChI=1S/C16H28N4O2/c1-11(2)10-12(3)22-9-7-15(21)17-13(4)16-19-18-14-6-5-8-20(14)16/h11-13H,5-10H2,1-4H3,(H,17,21). The van der Waals surface area contributed by atoms with Gasteiger partial charge in [-0.15, -0.1) is 10.2 Å². The van der Waals surface area contributed by atoms with E-state index in [1.54, 1.807) is 0 Å². The summed E-state index contributed by atoms with van der Waals surface area (Å²) in [5.74, 6) is 2.50. The van der Waals surface area contributed by atoms with Crippen LogP contribution in [0.15, 0.2) is 0 Å². The number of nitrogens with zero attached hydrogens (tertiary/aromatic N) is 3. The number of nitrogens with one attached hydrogen (secondary N) is 1. The second kappa shape index (κ2) is 7.72. The fourth-order valence-corrected chi connectivity index (χ4v) is 2.96. The molecule has 0 fully saturated rings. The van der Waals surface area contributed by atoms with Gasteiger partial charge in [-0.2, -0.15) is 0 Å². The van der Waals surface area contributed by atoms with Gasteiger partial charge >= 0.3 is 0 Å². The van der Waals surface area contributed by atoms with Crippen molar-refractivity contribution in [1.82, 2.24) is 20.1 Å². The first kappa shape index (κ1) is 16.9. The summed E-state index contributed by atoms with van der Waals surface area (Å²) in [5, 5.41) is 11.4. The minimum Gasteiger partial charge on any atom is -0.378 e. The molecule has 2 heterocycles. The van der Waals surface area contributed by atoms with E-state index in [9.17, 15) is 4.79 Å². The van der Waals surface area contributed by atoms with Gasteiger partial charge in [0.05, 0.1) is 18.8 Å². The number of aromatic nitrogens is 3. The Labute approximate surface area is 132 Å². The van der Waals surface area contributed by atoms with Crippen LogP contribution in [0.3, 0.4) is 0 Å². The van der Waals surface area contributed by atoms with E-state index in [1.807, 2.05) is 6.92 Å². The molecule has 0 saturated heterocycles. The van der Waals surface area contributed by atoms with Crippen molar-refractivity contribution in [3.05, 3.63) is 11.6 Å². The van der Waals surface area contributed by atoms with E-state index in [0.29, 0.717) is 18.9 Å². The Morgan fingerprint density at radius 2 is 2.09 bits per heavy atom. The summed E-state index contributed by atoms with van der Waals surface area (Å²) in [6.45, 7) is 9.77. The van der Waals surface area contributed by atoms with Crippen LogP contribution in [0.1, 0.15) is 64.6 Å². The fourth-order valence-electron chi connectivity index (χ4n) is 2.96. The van der Waals surface area contributed by atoms with E-state index in [2.05, 4.69) is 40.9 Å². The molecule has 22 heavy (non-hydrogen) atoms. The number of ether oxygens (including phenoxy) is 1. The van der Waals surface area contributed by atoms with Crippen molar-refractivity contribution in [3.8, 4) is 0 Å². The number of hydrogen-bond acceptors (Lipinski definition) is 4. The summed E-state index contributed by atoms with van der Waals surface area (Å²) in [6, 6.07) is -0.111. The summed E-state index contributed by atoms with van der Waals surface area (Å²) < 4.78 is 7.79. The number of rotatable bonds is 8. The molecule has 1 amide bonds. The van der Waals surface area contributed by atoms with E-state index in [0.717, 1.165) is 37.5 Å². The Hall–Kier alpha value is -1.43. The highest BCUT2D eigenvalue weighted by Crippen LogP contribution is 2.18. The molecule has 124 valence electrons. The molecule has 1 aliphatic heterocycles. The average molecular weight is 308 g/mol. The topological polar surface area (TPSA) is 69.0 Å². The zero-order valence-electron chi connectivity index (χ0n) is 14.1. The van der Waals surface area contributed by atoms with Crippen molar-refractivity contribution >= 4 is 5.91 Å². The molecule has 6 nitrogen and oxygen atoms in total. The van der Waals surface area contributed by atoms with Gasteiger partial charge in [0.1, 0.15) is 5.82 Å². The molecule has 0 saturated carbocycles. The molecule has 0 radical (unpaired) electrons. The van der Waals surface area contributed by atoms with Crippen LogP contribution in [0.5, 0.6) is 0 Å². The maximum atomic E-state index is 12.0. The highest BCUT2D eigenvalue weighted by Gasteiger charge is 2.22. The minimum atomic E-state index is -0.111. The van der Waals surface area contributed by atoms with E-state index >= 15 is 0 Å². The summed E-state index contributed by atoms with van der Waals surface area (Å²) in [6.07, 6.45) is 3.69. The second-order valence-corrected chi connectivity index (χ2v) is 6.58. The third-order valence-corrected chi connectivity index (χ3v) is 3.94. The van der Waals surface area contributed by atoms with Crippen molar-refractivity contribution < 1.29 is 9.53 Å². The predicted octanol–water partition coefficient (Wildman–Crippen LogP) is 2.24. The first-order chi connectivity index (χ1) is 10.5. The Morgan fingerprint density at radius 1 is 1.32 bits per heavy atom. The lowest BCUT2D eigenvalue weighted by Crippen LogP contribution is -2.29. The summed E-state index contributed by atoms with van der Waals surface area (Å²) in [5.41, 5.74) is 0. The lowest BCUT2D eigenvalue weighted by atomic mass is 10.1.